The molecule has 1 N–H and O–H groups in total. The molecule has 15 heavy (non-hydrogen) atoms. The first kappa shape index (κ1) is 11.5. The summed E-state index contributed by atoms with van der Waals surface area (Å²) >= 11 is 0. The van der Waals surface area contributed by atoms with E-state index < -0.39 is 0 Å². The van der Waals surface area contributed by atoms with Gasteiger partial charge < -0.3 is 9.84 Å². The third-order valence-electron chi connectivity index (χ3n) is 2.11. The molecule has 1 rings (SSSR count). The molecule has 3 heteroatoms. The predicted molar refractivity (Wildman–Crippen MR) is 57.5 cm³/mol. The number of hydrogen-bond donors (Lipinski definition) is 1. The molecule has 1 aromatic rings. The lowest BCUT2D eigenvalue weighted by Gasteiger charge is -2.12. The van der Waals surface area contributed by atoms with Crippen molar-refractivity contribution in [3.05, 3.63) is 36.2 Å². The first-order valence-corrected chi connectivity index (χ1v) is 4.83. The maximum atomic E-state index is 9.02. The Hall–Kier alpha value is -1.53. The van der Waals surface area contributed by atoms with Crippen LogP contribution in [0.1, 0.15) is 24.0 Å². The second-order valence-electron chi connectivity index (χ2n) is 3.17. The maximum absolute atomic E-state index is 9.02. The van der Waals surface area contributed by atoms with Crippen LogP contribution >= 0.6 is 0 Å². The molecule has 0 spiro atoms. The van der Waals surface area contributed by atoms with Gasteiger partial charge in [-0.05, 0) is 37.6 Å². The van der Waals surface area contributed by atoms with Crippen LogP contribution in [-0.2, 0) is 0 Å². The summed E-state index contributed by atoms with van der Waals surface area (Å²) in [7, 11) is 0. The van der Waals surface area contributed by atoms with Crippen LogP contribution in [0.2, 0.25) is 0 Å². The molecule has 1 unspecified atom stereocenters. The van der Waals surface area contributed by atoms with Crippen molar-refractivity contribution in [1.82, 2.24) is 0 Å². The van der Waals surface area contributed by atoms with E-state index in [2.05, 4.69) is 13.0 Å². The average molecular weight is 204 g/mol. The van der Waals surface area contributed by atoms with Crippen LogP contribution in [-0.4, -0.2) is 18.3 Å². The number of nitrogens with zero attached hydrogens (tertiary/aromatic N) is 1. The molecule has 1 radical (unpaired) electrons. The van der Waals surface area contributed by atoms with Crippen LogP contribution in [0.4, 0.5) is 0 Å². The van der Waals surface area contributed by atoms with E-state index in [9.17, 15) is 0 Å². The van der Waals surface area contributed by atoms with Crippen molar-refractivity contribution in [2.75, 3.05) is 13.2 Å². The third kappa shape index (κ3) is 2.71. The lowest BCUT2D eigenvalue weighted by Crippen LogP contribution is -2.03. The average Bonchev–Trinajstić information content (AvgIpc) is 2.28. The van der Waals surface area contributed by atoms with E-state index in [1.54, 1.807) is 18.2 Å². The van der Waals surface area contributed by atoms with Crippen LogP contribution in [0, 0.1) is 18.3 Å². The number of benzene rings is 1. The van der Waals surface area contributed by atoms with Gasteiger partial charge in [0.05, 0.1) is 18.2 Å². The zero-order valence-corrected chi connectivity index (χ0v) is 8.73. The third-order valence-corrected chi connectivity index (χ3v) is 2.11. The van der Waals surface area contributed by atoms with E-state index in [0.29, 0.717) is 17.9 Å². The summed E-state index contributed by atoms with van der Waals surface area (Å²) in [6.45, 7) is 6.17. The summed E-state index contributed by atoms with van der Waals surface area (Å²) < 4.78 is 5.32. The van der Waals surface area contributed by atoms with Crippen molar-refractivity contribution in [3.63, 3.8) is 0 Å². The predicted octanol–water partition coefficient (Wildman–Crippen LogP) is 1.87. The molecule has 0 fully saturated rings. The Morgan fingerprint density at radius 2 is 2.33 bits per heavy atom. The minimum Gasteiger partial charge on any atom is -0.494 e. The van der Waals surface area contributed by atoms with E-state index in [0.717, 1.165) is 5.56 Å². The summed E-state index contributed by atoms with van der Waals surface area (Å²) in [5.74, 6) is 0.411. The Labute approximate surface area is 89.9 Å². The van der Waals surface area contributed by atoms with Crippen molar-refractivity contribution in [2.24, 2.45) is 0 Å². The molecule has 0 aliphatic carbocycles. The Bertz CT molecular complexity index is 368. The van der Waals surface area contributed by atoms with Gasteiger partial charge in [0, 0.05) is 12.5 Å². The monoisotopic (exact) mass is 204 g/mol. The lowest BCUT2D eigenvalue weighted by molar-refractivity contribution is 0.282. The maximum Gasteiger partial charge on any atom is 0.119 e. The molecule has 1 atom stereocenters. The van der Waals surface area contributed by atoms with E-state index >= 15 is 0 Å². The zero-order chi connectivity index (χ0) is 11.3. The van der Waals surface area contributed by atoms with E-state index in [-0.39, 0.29) is 12.5 Å². The van der Waals surface area contributed by atoms with E-state index in [1.165, 1.54) is 0 Å². The molecule has 0 heterocycles. The zero-order valence-electron chi connectivity index (χ0n) is 8.73. The van der Waals surface area contributed by atoms with E-state index in [4.69, 9.17) is 15.1 Å². The lowest BCUT2D eigenvalue weighted by atomic mass is 9.97. The molecule has 0 bridgehead atoms. The molecular formula is C12H14NO2. The number of nitriles is 1. The first-order chi connectivity index (χ1) is 7.22. The van der Waals surface area contributed by atoms with Crippen molar-refractivity contribution in [1.29, 1.82) is 5.26 Å². The SMILES string of the molecule is [CH2]C(CO)c1cc(OCC)ccc1C#N. The van der Waals surface area contributed by atoms with Gasteiger partial charge in [0.15, 0.2) is 0 Å². The molecule has 0 saturated carbocycles. The summed E-state index contributed by atoms with van der Waals surface area (Å²) in [5, 5.41) is 17.9. The number of hydrogen-bond acceptors (Lipinski definition) is 3. The Morgan fingerprint density at radius 3 is 2.87 bits per heavy atom. The highest BCUT2D eigenvalue weighted by molar-refractivity contribution is 5.45. The summed E-state index contributed by atoms with van der Waals surface area (Å²) in [6.07, 6.45) is 0. The largest absolute Gasteiger partial charge is 0.494 e. The highest BCUT2D eigenvalue weighted by Crippen LogP contribution is 2.24. The quantitative estimate of drug-likeness (QED) is 0.814. The molecule has 0 amide bonds. The van der Waals surface area contributed by atoms with Gasteiger partial charge in [0.1, 0.15) is 5.75 Å². The first-order valence-electron chi connectivity index (χ1n) is 4.83. The second kappa shape index (κ2) is 5.38. The Kier molecular flexibility index (Phi) is 4.14. The van der Waals surface area contributed by atoms with Crippen LogP contribution in [0.15, 0.2) is 18.2 Å². The van der Waals surface area contributed by atoms with Gasteiger partial charge >= 0.3 is 0 Å². The van der Waals surface area contributed by atoms with E-state index in [1.807, 2.05) is 6.92 Å². The minimum atomic E-state index is -0.292. The van der Waals surface area contributed by atoms with Crippen molar-refractivity contribution >= 4 is 0 Å². The topological polar surface area (TPSA) is 53.2 Å². The highest BCUT2D eigenvalue weighted by atomic mass is 16.5. The fourth-order valence-corrected chi connectivity index (χ4v) is 1.34. The molecule has 0 saturated heterocycles. The molecule has 1 aromatic carbocycles. The van der Waals surface area contributed by atoms with Gasteiger partial charge in [0.2, 0.25) is 0 Å². The Morgan fingerprint density at radius 1 is 1.60 bits per heavy atom. The Balaban J connectivity index is 3.08. The van der Waals surface area contributed by atoms with Crippen LogP contribution in [0.25, 0.3) is 0 Å². The number of aliphatic hydroxyl groups is 1. The number of aliphatic hydroxyl groups excluding tert-OH is 1. The number of ether oxygens (including phenoxy) is 1. The van der Waals surface area contributed by atoms with Gasteiger partial charge in [-0.3, -0.25) is 0 Å². The normalized spacial score (nSPS) is 11.9. The fraction of sp³-hybridized carbons (Fsp3) is 0.333. The molecule has 0 aromatic heterocycles. The van der Waals surface area contributed by atoms with Gasteiger partial charge in [0.25, 0.3) is 0 Å². The van der Waals surface area contributed by atoms with Crippen molar-refractivity contribution < 1.29 is 9.84 Å². The smallest absolute Gasteiger partial charge is 0.119 e. The van der Waals surface area contributed by atoms with Crippen molar-refractivity contribution in [2.45, 2.75) is 12.8 Å². The van der Waals surface area contributed by atoms with Crippen LogP contribution < -0.4 is 4.74 Å². The fourth-order valence-electron chi connectivity index (χ4n) is 1.34. The van der Waals surface area contributed by atoms with Crippen molar-refractivity contribution in [3.8, 4) is 11.8 Å². The minimum absolute atomic E-state index is 0.0791. The molecule has 79 valence electrons. The summed E-state index contributed by atoms with van der Waals surface area (Å²) in [6, 6.07) is 7.27. The number of rotatable bonds is 4. The van der Waals surface area contributed by atoms with Crippen LogP contribution in [0.5, 0.6) is 5.75 Å². The molecular weight excluding hydrogens is 190 g/mol. The van der Waals surface area contributed by atoms with Gasteiger partial charge in [-0.2, -0.15) is 5.26 Å². The van der Waals surface area contributed by atoms with Crippen LogP contribution in [0.3, 0.4) is 0 Å². The highest BCUT2D eigenvalue weighted by Gasteiger charge is 2.10. The molecule has 0 aliphatic heterocycles. The van der Waals surface area contributed by atoms with Gasteiger partial charge in [-0.1, -0.05) is 0 Å². The standard InChI is InChI=1S/C12H14NO2/c1-3-15-11-5-4-10(7-13)12(6-11)9(2)8-14/h4-6,9,14H,2-3,8H2,1H3. The molecule has 3 nitrogen and oxygen atoms in total. The molecule has 0 aliphatic rings. The van der Waals surface area contributed by atoms with Gasteiger partial charge in [-0.25, -0.2) is 0 Å². The summed E-state index contributed by atoms with van der Waals surface area (Å²) in [5.41, 5.74) is 1.26. The van der Waals surface area contributed by atoms with Gasteiger partial charge in [-0.15, -0.1) is 0 Å². The second-order valence-corrected chi connectivity index (χ2v) is 3.17. The summed E-state index contributed by atoms with van der Waals surface area (Å²) in [4.78, 5) is 0.